The van der Waals surface area contributed by atoms with E-state index in [1.54, 1.807) is 18.2 Å². The van der Waals surface area contributed by atoms with Crippen LogP contribution in [0.1, 0.15) is 18.9 Å². The van der Waals surface area contributed by atoms with Crippen LogP contribution in [0.4, 0.5) is 10.2 Å². The zero-order chi connectivity index (χ0) is 25.0. The van der Waals surface area contributed by atoms with Gasteiger partial charge in [-0.15, -0.1) is 0 Å². The second-order valence-corrected chi connectivity index (χ2v) is 10.5. The summed E-state index contributed by atoms with van der Waals surface area (Å²) in [7, 11) is -1.72. The number of alkyl halides is 1. The minimum Gasteiger partial charge on any atom is -0.382 e. The van der Waals surface area contributed by atoms with E-state index in [9.17, 15) is 12.8 Å². The number of hydrogen-bond acceptors (Lipinski definition) is 8. The highest BCUT2D eigenvalue weighted by Gasteiger charge is 2.23. The molecule has 4 aromatic rings. The zero-order valence-electron chi connectivity index (χ0n) is 19.4. The molecular weight excluding hydrogens is 469 g/mol. The lowest BCUT2D eigenvalue weighted by Gasteiger charge is -2.12. The van der Waals surface area contributed by atoms with Crippen LogP contribution in [0.2, 0.25) is 0 Å². The van der Waals surface area contributed by atoms with E-state index < -0.39 is 21.8 Å². The number of halogens is 1. The van der Waals surface area contributed by atoms with Crippen molar-refractivity contribution in [2.75, 3.05) is 19.5 Å². The topological polar surface area (TPSA) is 124 Å². The van der Waals surface area contributed by atoms with Gasteiger partial charge in [0.25, 0.3) is 0 Å². The number of sulfone groups is 1. The highest BCUT2D eigenvalue weighted by atomic mass is 32.2. The van der Waals surface area contributed by atoms with Crippen molar-refractivity contribution >= 4 is 15.7 Å². The molecule has 182 valence electrons. The molecule has 0 bridgehead atoms. The molecule has 0 spiro atoms. The Balaban J connectivity index is 1.60. The second kappa shape index (κ2) is 10.3. The Bertz CT molecular complexity index is 1400. The van der Waals surface area contributed by atoms with E-state index in [0.717, 1.165) is 17.7 Å². The smallest absolute Gasteiger partial charge is 0.189 e. The second-order valence-electron chi connectivity index (χ2n) is 8.15. The van der Waals surface area contributed by atoms with Gasteiger partial charge in [0.15, 0.2) is 27.1 Å². The van der Waals surface area contributed by atoms with Gasteiger partial charge in [0.1, 0.15) is 5.69 Å². The van der Waals surface area contributed by atoms with Crippen LogP contribution in [-0.2, 0) is 16.4 Å². The quantitative estimate of drug-likeness (QED) is 0.352. The van der Waals surface area contributed by atoms with E-state index >= 15 is 0 Å². The van der Waals surface area contributed by atoms with Crippen molar-refractivity contribution in [3.63, 3.8) is 0 Å². The van der Waals surface area contributed by atoms with Gasteiger partial charge in [-0.2, -0.15) is 0 Å². The molecule has 3 N–H and O–H groups in total. The van der Waals surface area contributed by atoms with Gasteiger partial charge in [-0.3, -0.25) is 4.39 Å². The molecule has 2 aromatic heterocycles. The Labute approximate surface area is 203 Å². The average Bonchev–Trinajstić information content (AvgIpc) is 3.35. The maximum absolute atomic E-state index is 12.6. The normalized spacial score (nSPS) is 12.5. The Morgan fingerprint density at radius 2 is 1.71 bits per heavy atom. The summed E-state index contributed by atoms with van der Waals surface area (Å²) in [6, 6.07) is 15.9. The first-order valence-corrected chi connectivity index (χ1v) is 12.6. The number of rotatable bonds is 9. The summed E-state index contributed by atoms with van der Waals surface area (Å²) in [6.07, 6.45) is 1.46. The molecule has 0 aliphatic rings. The van der Waals surface area contributed by atoms with Crippen LogP contribution >= 0.6 is 0 Å². The third-order valence-corrected chi connectivity index (χ3v) is 7.92. The molecule has 1 atom stereocenters. The van der Waals surface area contributed by atoms with E-state index in [0.29, 0.717) is 28.4 Å². The van der Waals surface area contributed by atoms with Crippen molar-refractivity contribution in [3.05, 3.63) is 66.4 Å². The van der Waals surface area contributed by atoms with E-state index in [2.05, 4.69) is 20.4 Å². The first-order valence-electron chi connectivity index (χ1n) is 11.1. The molecule has 0 saturated carbocycles. The number of hydrogen-bond donors (Lipinski definition) is 2. The SMILES string of the molecule is CNCc1ccc(-c2cc(-c3nc(-c4ccc(S(=O)(=O)C(C)CCF)cc4)cnc3N)on2)cc1. The van der Waals surface area contributed by atoms with Gasteiger partial charge in [0.05, 0.1) is 28.7 Å². The molecule has 2 heterocycles. The Kier molecular flexibility index (Phi) is 7.23. The van der Waals surface area contributed by atoms with E-state index in [1.807, 2.05) is 31.3 Å². The summed E-state index contributed by atoms with van der Waals surface area (Å²) >= 11 is 0. The average molecular weight is 496 g/mol. The molecule has 0 aliphatic carbocycles. The first-order chi connectivity index (χ1) is 16.8. The summed E-state index contributed by atoms with van der Waals surface area (Å²) in [5, 5.41) is 6.45. The number of nitrogens with one attached hydrogen (secondary N) is 1. The molecule has 1 unspecified atom stereocenters. The van der Waals surface area contributed by atoms with Crippen LogP contribution in [-0.4, -0.2) is 42.5 Å². The molecular formula is C25H26FN5O3S. The number of benzene rings is 2. The Hall–Kier alpha value is -3.63. The van der Waals surface area contributed by atoms with Gasteiger partial charge < -0.3 is 15.6 Å². The van der Waals surface area contributed by atoms with Gasteiger partial charge >= 0.3 is 0 Å². The van der Waals surface area contributed by atoms with Crippen molar-refractivity contribution in [2.45, 2.75) is 30.0 Å². The lowest BCUT2D eigenvalue weighted by molar-refractivity contribution is 0.434. The summed E-state index contributed by atoms with van der Waals surface area (Å²) in [6.45, 7) is 1.59. The molecule has 0 fully saturated rings. The van der Waals surface area contributed by atoms with E-state index in [-0.39, 0.29) is 17.1 Å². The van der Waals surface area contributed by atoms with E-state index in [1.165, 1.54) is 25.3 Å². The van der Waals surface area contributed by atoms with Gasteiger partial charge in [-0.1, -0.05) is 41.6 Å². The standard InChI is InChI=1S/C25H26FN5O3S/c1-16(11-12-26)35(32,33)20-9-7-19(8-10-20)22-15-29-25(27)24(30-22)23-13-21(31-34-23)18-5-3-17(4-6-18)14-28-2/h3-10,13,15-16,28H,11-12,14H2,1-2H3,(H2,27,29). The number of nitrogens with zero attached hydrogens (tertiary/aromatic N) is 3. The summed E-state index contributed by atoms with van der Waals surface area (Å²) < 4.78 is 43.3. The van der Waals surface area contributed by atoms with E-state index in [4.69, 9.17) is 10.3 Å². The van der Waals surface area contributed by atoms with Crippen molar-refractivity contribution in [2.24, 2.45) is 0 Å². The number of anilines is 1. The predicted molar refractivity (Wildman–Crippen MR) is 133 cm³/mol. The molecule has 8 nitrogen and oxygen atoms in total. The Morgan fingerprint density at radius 1 is 1.06 bits per heavy atom. The zero-order valence-corrected chi connectivity index (χ0v) is 20.2. The van der Waals surface area contributed by atoms with Crippen molar-refractivity contribution < 1.29 is 17.3 Å². The predicted octanol–water partition coefficient (Wildman–Crippen LogP) is 4.29. The molecule has 10 heteroatoms. The van der Waals surface area contributed by atoms with Crippen LogP contribution in [0.25, 0.3) is 34.0 Å². The largest absolute Gasteiger partial charge is 0.382 e. The van der Waals surface area contributed by atoms with Gasteiger partial charge in [-0.05, 0) is 38.1 Å². The fourth-order valence-electron chi connectivity index (χ4n) is 3.60. The number of nitrogens with two attached hydrogens (primary N) is 1. The molecule has 0 amide bonds. The van der Waals surface area contributed by atoms with Gasteiger partial charge in [0.2, 0.25) is 0 Å². The number of aromatic nitrogens is 3. The van der Waals surface area contributed by atoms with Crippen LogP contribution in [0.5, 0.6) is 0 Å². The lowest BCUT2D eigenvalue weighted by Crippen LogP contribution is -2.18. The van der Waals surface area contributed by atoms with Crippen LogP contribution < -0.4 is 11.1 Å². The van der Waals surface area contributed by atoms with Crippen molar-refractivity contribution in [1.82, 2.24) is 20.4 Å². The fraction of sp³-hybridized carbons (Fsp3) is 0.240. The highest BCUT2D eigenvalue weighted by Crippen LogP contribution is 2.30. The fourth-order valence-corrected chi connectivity index (χ4v) is 4.98. The van der Waals surface area contributed by atoms with Crippen LogP contribution in [0.3, 0.4) is 0 Å². The first kappa shape index (κ1) is 24.5. The lowest BCUT2D eigenvalue weighted by atomic mass is 10.1. The Morgan fingerprint density at radius 3 is 2.37 bits per heavy atom. The summed E-state index contributed by atoms with van der Waals surface area (Å²) in [5.41, 5.74) is 10.2. The molecule has 4 rings (SSSR count). The summed E-state index contributed by atoms with van der Waals surface area (Å²) in [5.74, 6) is 0.547. The van der Waals surface area contributed by atoms with Crippen LogP contribution in [0, 0.1) is 0 Å². The maximum Gasteiger partial charge on any atom is 0.189 e. The third-order valence-electron chi connectivity index (χ3n) is 5.70. The molecule has 35 heavy (non-hydrogen) atoms. The minimum atomic E-state index is -3.61. The monoisotopic (exact) mass is 495 g/mol. The maximum atomic E-state index is 12.6. The minimum absolute atomic E-state index is 0.0455. The van der Waals surface area contributed by atoms with Crippen molar-refractivity contribution in [3.8, 4) is 34.0 Å². The van der Waals surface area contributed by atoms with Crippen LogP contribution in [0.15, 0.2) is 70.2 Å². The molecule has 0 aliphatic heterocycles. The molecule has 0 radical (unpaired) electrons. The summed E-state index contributed by atoms with van der Waals surface area (Å²) in [4.78, 5) is 8.95. The van der Waals surface area contributed by atoms with Gasteiger partial charge in [0, 0.05) is 23.7 Å². The third kappa shape index (κ3) is 5.23. The molecule has 0 saturated heterocycles. The van der Waals surface area contributed by atoms with Crippen molar-refractivity contribution in [1.29, 1.82) is 0 Å². The number of nitrogen functional groups attached to an aromatic ring is 1. The molecule has 2 aromatic carbocycles. The highest BCUT2D eigenvalue weighted by molar-refractivity contribution is 7.92. The van der Waals surface area contributed by atoms with Gasteiger partial charge in [-0.25, -0.2) is 18.4 Å².